The maximum Gasteiger partial charge on any atom is 0.308 e. The average molecular weight is 289 g/mol. The van der Waals surface area contributed by atoms with Crippen molar-refractivity contribution in [2.45, 2.75) is 19.1 Å². The van der Waals surface area contributed by atoms with Gasteiger partial charge in [0, 0.05) is 12.3 Å². The topological polar surface area (TPSA) is 66.8 Å². The summed E-state index contributed by atoms with van der Waals surface area (Å²) in [6, 6.07) is 6.35. The zero-order valence-corrected chi connectivity index (χ0v) is 10.3. The number of aliphatic hydroxyl groups is 2. The van der Waals surface area contributed by atoms with Crippen molar-refractivity contribution in [2.75, 3.05) is 5.33 Å². The number of alkyl halides is 1. The third kappa shape index (κ3) is 3.59. The first-order valence-electron chi connectivity index (χ1n) is 4.75. The van der Waals surface area contributed by atoms with Crippen LogP contribution >= 0.6 is 15.9 Å². The predicted octanol–water partition coefficient (Wildman–Crippen LogP) is 1.40. The third-order valence-electron chi connectivity index (χ3n) is 2.01. The van der Waals surface area contributed by atoms with Crippen LogP contribution in [0.4, 0.5) is 0 Å². The first-order valence-corrected chi connectivity index (χ1v) is 5.87. The van der Waals surface area contributed by atoms with Crippen molar-refractivity contribution < 1.29 is 19.7 Å². The van der Waals surface area contributed by atoms with E-state index in [2.05, 4.69) is 15.9 Å². The number of carbonyl (C=O) groups excluding carboxylic acids is 1. The Bertz CT molecular complexity index is 350. The molecule has 0 saturated carbocycles. The highest BCUT2D eigenvalue weighted by Crippen LogP contribution is 2.21. The molecule has 0 saturated heterocycles. The number of halogens is 1. The molecule has 16 heavy (non-hydrogen) atoms. The minimum atomic E-state index is -0.953. The third-order valence-corrected chi connectivity index (χ3v) is 2.67. The lowest BCUT2D eigenvalue weighted by Gasteiger charge is -2.15. The molecule has 0 spiro atoms. The molecule has 88 valence electrons. The second kappa shape index (κ2) is 5.98. The molecule has 0 fully saturated rings. The molecule has 0 aliphatic heterocycles. The predicted molar refractivity (Wildman–Crippen MR) is 62.5 cm³/mol. The molecular weight excluding hydrogens is 276 g/mol. The summed E-state index contributed by atoms with van der Waals surface area (Å²) in [6.07, 6.45) is -1.81. The van der Waals surface area contributed by atoms with Crippen molar-refractivity contribution in [1.82, 2.24) is 0 Å². The molecule has 0 aromatic heterocycles. The van der Waals surface area contributed by atoms with Crippen molar-refractivity contribution in [3.05, 3.63) is 29.8 Å². The van der Waals surface area contributed by atoms with Crippen molar-refractivity contribution in [3.63, 3.8) is 0 Å². The van der Waals surface area contributed by atoms with E-state index in [0.717, 1.165) is 0 Å². The van der Waals surface area contributed by atoms with Crippen LogP contribution in [0.2, 0.25) is 0 Å². The van der Waals surface area contributed by atoms with Gasteiger partial charge in [0.15, 0.2) is 0 Å². The lowest BCUT2D eigenvalue weighted by Crippen LogP contribution is -2.19. The number of hydrogen-bond acceptors (Lipinski definition) is 4. The zero-order chi connectivity index (χ0) is 12.1. The fourth-order valence-corrected chi connectivity index (χ4v) is 1.56. The Morgan fingerprint density at radius 2 is 1.94 bits per heavy atom. The Morgan fingerprint density at radius 3 is 2.38 bits per heavy atom. The molecule has 1 aromatic rings. The van der Waals surface area contributed by atoms with Gasteiger partial charge in [-0.15, -0.1) is 0 Å². The fraction of sp³-hybridized carbons (Fsp3) is 0.364. The van der Waals surface area contributed by atoms with E-state index in [1.807, 2.05) is 0 Å². The largest absolute Gasteiger partial charge is 0.427 e. The molecule has 2 unspecified atom stereocenters. The van der Waals surface area contributed by atoms with E-state index in [-0.39, 0.29) is 0 Å². The van der Waals surface area contributed by atoms with Gasteiger partial charge in [-0.2, -0.15) is 0 Å². The summed E-state index contributed by atoms with van der Waals surface area (Å²) in [5.41, 5.74) is 0.572. The SMILES string of the molecule is CC(=O)Oc1ccc(C(O)C(O)CBr)cc1. The minimum Gasteiger partial charge on any atom is -0.427 e. The lowest BCUT2D eigenvalue weighted by molar-refractivity contribution is -0.131. The highest BCUT2D eigenvalue weighted by Gasteiger charge is 2.16. The molecule has 0 radical (unpaired) electrons. The van der Waals surface area contributed by atoms with E-state index >= 15 is 0 Å². The second-order valence-corrected chi connectivity index (χ2v) is 3.98. The molecule has 1 rings (SSSR count). The van der Waals surface area contributed by atoms with Crippen LogP contribution in [-0.2, 0) is 4.79 Å². The maximum atomic E-state index is 10.7. The van der Waals surface area contributed by atoms with Gasteiger partial charge in [-0.3, -0.25) is 4.79 Å². The van der Waals surface area contributed by atoms with E-state index in [9.17, 15) is 15.0 Å². The summed E-state index contributed by atoms with van der Waals surface area (Å²) in [5, 5.41) is 19.4. The van der Waals surface area contributed by atoms with Gasteiger partial charge in [0.25, 0.3) is 0 Å². The summed E-state index contributed by atoms with van der Waals surface area (Å²) >= 11 is 3.08. The minimum absolute atomic E-state index is 0.292. The van der Waals surface area contributed by atoms with E-state index in [4.69, 9.17) is 4.74 Å². The smallest absolute Gasteiger partial charge is 0.308 e. The Hall–Kier alpha value is -0.910. The number of hydrogen-bond donors (Lipinski definition) is 2. The molecule has 2 N–H and O–H groups in total. The van der Waals surface area contributed by atoms with Gasteiger partial charge in [-0.1, -0.05) is 28.1 Å². The molecular formula is C11H13BrO4. The van der Waals surface area contributed by atoms with Crippen LogP contribution in [0.5, 0.6) is 5.75 Å². The van der Waals surface area contributed by atoms with Gasteiger partial charge >= 0.3 is 5.97 Å². The Kier molecular flexibility index (Phi) is 4.92. The van der Waals surface area contributed by atoms with Crippen molar-refractivity contribution in [2.24, 2.45) is 0 Å². The quantitative estimate of drug-likeness (QED) is 0.499. The van der Waals surface area contributed by atoms with Crippen LogP contribution in [0.1, 0.15) is 18.6 Å². The zero-order valence-electron chi connectivity index (χ0n) is 8.76. The van der Waals surface area contributed by atoms with Gasteiger partial charge in [0.2, 0.25) is 0 Å². The molecule has 0 amide bonds. The summed E-state index contributed by atoms with van der Waals surface area (Å²) in [7, 11) is 0. The Balaban J connectivity index is 2.74. The molecule has 0 aliphatic rings. The first kappa shape index (κ1) is 13.2. The number of benzene rings is 1. The lowest BCUT2D eigenvalue weighted by atomic mass is 10.1. The number of rotatable bonds is 4. The van der Waals surface area contributed by atoms with Crippen molar-refractivity contribution >= 4 is 21.9 Å². The Morgan fingerprint density at radius 1 is 1.38 bits per heavy atom. The number of ether oxygens (including phenoxy) is 1. The molecule has 0 aliphatic carbocycles. The van der Waals surface area contributed by atoms with Gasteiger partial charge in [0.05, 0.1) is 6.10 Å². The van der Waals surface area contributed by atoms with Crippen molar-refractivity contribution in [1.29, 1.82) is 0 Å². The molecule has 5 heteroatoms. The summed E-state index contributed by atoms with van der Waals surface area (Å²) in [6.45, 7) is 1.32. The summed E-state index contributed by atoms with van der Waals surface area (Å²) in [4.78, 5) is 10.7. The van der Waals surface area contributed by atoms with E-state index in [1.165, 1.54) is 6.92 Å². The summed E-state index contributed by atoms with van der Waals surface area (Å²) < 4.78 is 4.84. The fourth-order valence-electron chi connectivity index (χ4n) is 1.21. The number of esters is 1. The molecule has 0 bridgehead atoms. The monoisotopic (exact) mass is 288 g/mol. The van der Waals surface area contributed by atoms with Crippen LogP contribution in [0.15, 0.2) is 24.3 Å². The van der Waals surface area contributed by atoms with E-state index in [0.29, 0.717) is 16.6 Å². The van der Waals surface area contributed by atoms with Gasteiger partial charge in [-0.05, 0) is 17.7 Å². The van der Waals surface area contributed by atoms with Crippen LogP contribution < -0.4 is 4.74 Å². The molecule has 2 atom stereocenters. The second-order valence-electron chi connectivity index (χ2n) is 3.33. The van der Waals surface area contributed by atoms with Crippen LogP contribution in [0, 0.1) is 0 Å². The summed E-state index contributed by atoms with van der Waals surface area (Å²) in [5.74, 6) is 0.0190. The first-order chi connectivity index (χ1) is 7.54. The molecule has 4 nitrogen and oxygen atoms in total. The Labute approximate surface area is 102 Å². The molecule has 0 heterocycles. The maximum absolute atomic E-state index is 10.7. The normalized spacial score (nSPS) is 14.2. The van der Waals surface area contributed by atoms with Gasteiger partial charge in [0.1, 0.15) is 11.9 Å². The highest BCUT2D eigenvalue weighted by molar-refractivity contribution is 9.09. The number of aliphatic hydroxyl groups excluding tert-OH is 2. The average Bonchev–Trinajstić information content (AvgIpc) is 2.27. The standard InChI is InChI=1S/C11H13BrO4/c1-7(13)16-9-4-2-8(3-5-9)11(15)10(14)6-12/h2-5,10-11,14-15H,6H2,1H3. The number of carbonyl (C=O) groups is 1. The van der Waals surface area contributed by atoms with E-state index < -0.39 is 18.2 Å². The van der Waals surface area contributed by atoms with Gasteiger partial charge in [-0.25, -0.2) is 0 Å². The van der Waals surface area contributed by atoms with Gasteiger partial charge < -0.3 is 14.9 Å². The highest BCUT2D eigenvalue weighted by atomic mass is 79.9. The van der Waals surface area contributed by atoms with Crippen LogP contribution in [0.3, 0.4) is 0 Å². The molecule has 1 aromatic carbocycles. The van der Waals surface area contributed by atoms with Crippen LogP contribution in [0.25, 0.3) is 0 Å². The van der Waals surface area contributed by atoms with Crippen molar-refractivity contribution in [3.8, 4) is 5.75 Å². The van der Waals surface area contributed by atoms with Crippen LogP contribution in [-0.4, -0.2) is 27.6 Å². The van der Waals surface area contributed by atoms with E-state index in [1.54, 1.807) is 24.3 Å².